The molecule has 0 radical (unpaired) electrons. The summed E-state index contributed by atoms with van der Waals surface area (Å²) >= 11 is 0. The van der Waals surface area contributed by atoms with Crippen molar-refractivity contribution < 1.29 is 22.1 Å². The lowest BCUT2D eigenvalue weighted by Crippen LogP contribution is -2.46. The van der Waals surface area contributed by atoms with Crippen LogP contribution in [-0.2, 0) is 32.1 Å². The molecule has 0 N–H and O–H groups in total. The van der Waals surface area contributed by atoms with Crippen molar-refractivity contribution in [3.8, 4) is 5.75 Å². The molecule has 0 aromatic heterocycles. The Hall–Kier alpha value is -2.96. The molecule has 2 saturated carbocycles. The largest absolute Gasteiger partial charge is 0.489 e. The molecule has 0 saturated heterocycles. The first kappa shape index (κ1) is 30.1. The van der Waals surface area contributed by atoms with Crippen LogP contribution in [0, 0.1) is 30.1 Å². The number of benzene rings is 3. The van der Waals surface area contributed by atoms with Gasteiger partial charge in [0.25, 0.3) is 10.1 Å². The molecule has 3 aliphatic carbocycles. The topological polar surface area (TPSA) is 69.7 Å². The summed E-state index contributed by atoms with van der Waals surface area (Å²) in [4.78, 5) is 13.3. The van der Waals surface area contributed by atoms with Crippen LogP contribution in [-0.4, -0.2) is 20.8 Å². The van der Waals surface area contributed by atoms with E-state index in [9.17, 15) is 13.2 Å². The van der Waals surface area contributed by atoms with E-state index in [-0.39, 0.29) is 16.9 Å². The van der Waals surface area contributed by atoms with Gasteiger partial charge in [-0.3, -0.25) is 8.98 Å². The van der Waals surface area contributed by atoms with Crippen molar-refractivity contribution in [1.82, 2.24) is 0 Å². The first-order chi connectivity index (χ1) is 20.7. The third-order valence-corrected chi connectivity index (χ3v) is 11.9. The summed E-state index contributed by atoms with van der Waals surface area (Å²) in [6.45, 7) is 4.93. The van der Waals surface area contributed by atoms with Gasteiger partial charge in [0.1, 0.15) is 18.1 Å². The van der Waals surface area contributed by atoms with Crippen molar-refractivity contribution >= 4 is 15.9 Å². The molecular weight excluding hydrogens is 556 g/mol. The molecule has 5 nitrogen and oxygen atoms in total. The minimum absolute atomic E-state index is 0.173. The predicted octanol–water partition coefficient (Wildman–Crippen LogP) is 8.19. The zero-order valence-corrected chi connectivity index (χ0v) is 26.3. The number of fused-ring (bicyclic) bond motifs is 5. The molecule has 228 valence electrons. The highest BCUT2D eigenvalue weighted by Crippen LogP contribution is 2.61. The smallest absolute Gasteiger partial charge is 0.296 e. The van der Waals surface area contributed by atoms with Crippen LogP contribution in [0.3, 0.4) is 0 Å². The molecule has 6 rings (SSSR count). The number of Topliss-reactive ketones (excluding diaryl/α,β-unsaturated/α-hetero) is 1. The van der Waals surface area contributed by atoms with E-state index in [4.69, 9.17) is 8.92 Å². The summed E-state index contributed by atoms with van der Waals surface area (Å²) in [6, 6.07) is 23.8. The van der Waals surface area contributed by atoms with Crippen LogP contribution in [0.1, 0.15) is 86.5 Å². The molecule has 0 aliphatic heterocycles. The molecule has 6 heteroatoms. The van der Waals surface area contributed by atoms with Crippen molar-refractivity contribution in [1.29, 1.82) is 0 Å². The summed E-state index contributed by atoms with van der Waals surface area (Å²) in [6.07, 6.45) is 8.56. The van der Waals surface area contributed by atoms with Gasteiger partial charge in [-0.25, -0.2) is 0 Å². The highest BCUT2D eigenvalue weighted by molar-refractivity contribution is 7.86. The SMILES string of the molecule is Cc1ccc(S(=O)(=O)OCCCCC[C@@H]2Cc3cc(OCc4ccccc4)ccc3[C@H]3CC[C@]4(C)C(=O)CC[C@H]4[C@H]23)cc1. The normalized spacial score (nSPS) is 26.4. The second kappa shape index (κ2) is 12.6. The number of ketones is 1. The molecule has 0 unspecified atom stereocenters. The first-order valence-corrected chi connectivity index (χ1v) is 17.4. The van der Waals surface area contributed by atoms with Gasteiger partial charge in [0.15, 0.2) is 0 Å². The Morgan fingerprint density at radius 1 is 0.930 bits per heavy atom. The molecule has 0 spiro atoms. The third kappa shape index (κ3) is 6.32. The van der Waals surface area contributed by atoms with Crippen molar-refractivity contribution in [2.75, 3.05) is 6.61 Å². The molecule has 43 heavy (non-hydrogen) atoms. The lowest BCUT2D eigenvalue weighted by molar-refractivity contribution is -0.130. The number of carbonyl (C=O) groups is 1. The van der Waals surface area contributed by atoms with Gasteiger partial charge in [0, 0.05) is 11.8 Å². The standard InChI is InChI=1S/C37H44O5S/c1-26-12-15-31(16-13-26)43(39,40)42-22-8-4-7-11-28-23-29-24-30(41-25-27-9-5-3-6-10-27)14-17-32(29)33-20-21-37(2)34(36(28)33)18-19-35(37)38/h3,5-6,9-10,12-17,24,28,33-34,36H,4,7-8,11,18-23,25H2,1-2H3/t28-,33-,34+,36-,37+/m1/s1. The molecule has 0 heterocycles. The molecule has 3 aliphatic rings. The summed E-state index contributed by atoms with van der Waals surface area (Å²) < 4.78 is 36.7. The summed E-state index contributed by atoms with van der Waals surface area (Å²) in [5.74, 6) is 3.36. The van der Waals surface area contributed by atoms with Crippen LogP contribution in [0.15, 0.2) is 77.7 Å². The molecule has 0 amide bonds. The molecule has 2 fully saturated rings. The van der Waals surface area contributed by atoms with Gasteiger partial charge >= 0.3 is 0 Å². The number of carbonyl (C=O) groups excluding carboxylic acids is 1. The predicted molar refractivity (Wildman–Crippen MR) is 168 cm³/mol. The van der Waals surface area contributed by atoms with E-state index >= 15 is 0 Å². The van der Waals surface area contributed by atoms with E-state index < -0.39 is 10.1 Å². The maximum absolute atomic E-state index is 13.0. The molecule has 0 bridgehead atoms. The van der Waals surface area contributed by atoms with Gasteiger partial charge in [-0.05, 0) is 110 Å². The Balaban J connectivity index is 1.11. The number of hydrogen-bond donors (Lipinski definition) is 0. The lowest BCUT2D eigenvalue weighted by atomic mass is 9.52. The van der Waals surface area contributed by atoms with Crippen molar-refractivity contribution in [2.24, 2.45) is 23.2 Å². The van der Waals surface area contributed by atoms with E-state index in [0.717, 1.165) is 68.2 Å². The van der Waals surface area contributed by atoms with Gasteiger partial charge in [0.05, 0.1) is 11.5 Å². The van der Waals surface area contributed by atoms with Crippen LogP contribution in [0.2, 0.25) is 0 Å². The summed E-state index contributed by atoms with van der Waals surface area (Å²) in [7, 11) is -3.73. The Kier molecular flexibility index (Phi) is 8.79. The second-order valence-corrected chi connectivity index (χ2v) is 14.9. The highest BCUT2D eigenvalue weighted by atomic mass is 32.2. The van der Waals surface area contributed by atoms with E-state index in [2.05, 4.69) is 37.3 Å². The maximum atomic E-state index is 13.0. The quantitative estimate of drug-likeness (QED) is 0.164. The minimum atomic E-state index is -3.73. The third-order valence-electron chi connectivity index (χ3n) is 10.6. The van der Waals surface area contributed by atoms with Crippen molar-refractivity contribution in [3.63, 3.8) is 0 Å². The van der Waals surface area contributed by atoms with Gasteiger partial charge in [-0.15, -0.1) is 0 Å². The van der Waals surface area contributed by atoms with Gasteiger partial charge in [0.2, 0.25) is 0 Å². The second-order valence-electron chi connectivity index (χ2n) is 13.2. The van der Waals surface area contributed by atoms with Crippen LogP contribution in [0.4, 0.5) is 0 Å². The monoisotopic (exact) mass is 600 g/mol. The number of ether oxygens (including phenoxy) is 1. The zero-order chi connectivity index (χ0) is 30.0. The summed E-state index contributed by atoms with van der Waals surface area (Å²) in [5, 5.41) is 0. The average molecular weight is 601 g/mol. The van der Waals surface area contributed by atoms with E-state index in [1.807, 2.05) is 25.1 Å². The Morgan fingerprint density at radius 3 is 2.51 bits per heavy atom. The fourth-order valence-electron chi connectivity index (χ4n) is 8.28. The van der Waals surface area contributed by atoms with Crippen LogP contribution in [0.25, 0.3) is 0 Å². The molecule has 3 aromatic carbocycles. The van der Waals surface area contributed by atoms with Gasteiger partial charge < -0.3 is 4.74 Å². The molecule has 5 atom stereocenters. The number of hydrogen-bond acceptors (Lipinski definition) is 5. The minimum Gasteiger partial charge on any atom is -0.489 e. The first-order valence-electron chi connectivity index (χ1n) is 16.0. The van der Waals surface area contributed by atoms with Gasteiger partial charge in [-0.2, -0.15) is 8.42 Å². The number of rotatable bonds is 11. The Labute approximate surface area is 257 Å². The number of unbranched alkanes of at least 4 members (excludes halogenated alkanes) is 2. The van der Waals surface area contributed by atoms with Crippen molar-refractivity contribution in [2.45, 2.75) is 89.1 Å². The average Bonchev–Trinajstić information content (AvgIpc) is 3.32. The van der Waals surface area contributed by atoms with E-state index in [0.29, 0.717) is 42.5 Å². The number of aryl methyl sites for hydroxylation is 1. The van der Waals surface area contributed by atoms with Crippen LogP contribution in [0.5, 0.6) is 5.75 Å². The zero-order valence-electron chi connectivity index (χ0n) is 25.5. The van der Waals surface area contributed by atoms with Crippen LogP contribution >= 0.6 is 0 Å². The van der Waals surface area contributed by atoms with E-state index in [1.165, 1.54) is 11.1 Å². The Morgan fingerprint density at radius 2 is 1.72 bits per heavy atom. The van der Waals surface area contributed by atoms with Crippen LogP contribution < -0.4 is 4.74 Å². The maximum Gasteiger partial charge on any atom is 0.296 e. The molecule has 3 aromatic rings. The summed E-state index contributed by atoms with van der Waals surface area (Å²) in [5.41, 5.74) is 4.86. The molecular formula is C37H44O5S. The van der Waals surface area contributed by atoms with Gasteiger partial charge in [-0.1, -0.05) is 73.9 Å². The van der Waals surface area contributed by atoms with Crippen molar-refractivity contribution in [3.05, 3.63) is 95.1 Å². The fraction of sp³-hybridized carbons (Fsp3) is 0.486. The fourth-order valence-corrected chi connectivity index (χ4v) is 9.22. The van der Waals surface area contributed by atoms with E-state index in [1.54, 1.807) is 24.3 Å². The highest BCUT2D eigenvalue weighted by Gasteiger charge is 2.56. The Bertz CT molecular complexity index is 1530. The lowest BCUT2D eigenvalue weighted by Gasteiger charge is -2.51.